The highest BCUT2D eigenvalue weighted by Gasteiger charge is 2.17. The molecule has 0 saturated carbocycles. The molecule has 0 bridgehead atoms. The molecule has 0 spiro atoms. The zero-order valence-corrected chi connectivity index (χ0v) is 13.0. The molecular formula is C17H17N5O. The van der Waals surface area contributed by atoms with E-state index in [0.717, 1.165) is 11.4 Å². The first-order valence-electron chi connectivity index (χ1n) is 7.18. The van der Waals surface area contributed by atoms with Gasteiger partial charge in [0.25, 0.3) is 0 Å². The van der Waals surface area contributed by atoms with Crippen molar-refractivity contribution in [1.29, 1.82) is 5.26 Å². The third-order valence-corrected chi connectivity index (χ3v) is 3.65. The molecule has 3 aromatic rings. The van der Waals surface area contributed by atoms with Gasteiger partial charge < -0.3 is 15.0 Å². The molecule has 0 amide bonds. The van der Waals surface area contributed by atoms with Gasteiger partial charge in [-0.05, 0) is 19.1 Å². The molecule has 0 aliphatic heterocycles. The van der Waals surface area contributed by atoms with Crippen LogP contribution in [-0.2, 0) is 13.6 Å². The summed E-state index contributed by atoms with van der Waals surface area (Å²) in [5.74, 6) is 1.94. The molecule has 0 saturated heterocycles. The Kier molecular flexibility index (Phi) is 3.77. The van der Waals surface area contributed by atoms with Crippen molar-refractivity contribution < 1.29 is 4.74 Å². The minimum absolute atomic E-state index is 0.408. The molecule has 6 heteroatoms. The van der Waals surface area contributed by atoms with Crippen LogP contribution in [0.2, 0.25) is 0 Å². The van der Waals surface area contributed by atoms with Gasteiger partial charge in [0.1, 0.15) is 23.3 Å². The van der Waals surface area contributed by atoms with Crippen LogP contribution < -0.4 is 10.5 Å². The van der Waals surface area contributed by atoms with Crippen molar-refractivity contribution >= 4 is 5.69 Å². The number of nitrogens with zero attached hydrogens (tertiary/aromatic N) is 4. The molecule has 116 valence electrons. The molecule has 23 heavy (non-hydrogen) atoms. The molecule has 6 nitrogen and oxygen atoms in total. The van der Waals surface area contributed by atoms with Crippen molar-refractivity contribution in [2.75, 3.05) is 5.73 Å². The Labute approximate surface area is 134 Å². The lowest BCUT2D eigenvalue weighted by atomic mass is 10.2. The van der Waals surface area contributed by atoms with E-state index in [-0.39, 0.29) is 0 Å². The van der Waals surface area contributed by atoms with Crippen molar-refractivity contribution in [3.63, 3.8) is 0 Å². The van der Waals surface area contributed by atoms with E-state index in [1.807, 2.05) is 49.0 Å². The number of benzene rings is 1. The summed E-state index contributed by atoms with van der Waals surface area (Å²) < 4.78 is 9.55. The van der Waals surface area contributed by atoms with Crippen molar-refractivity contribution in [2.24, 2.45) is 7.05 Å². The summed E-state index contributed by atoms with van der Waals surface area (Å²) in [6.07, 6.45) is 3.57. The average Bonchev–Trinajstić information content (AvgIpc) is 3.07. The second-order valence-electron chi connectivity index (χ2n) is 5.36. The number of aryl methyl sites for hydroxylation is 2. The number of ether oxygens (including phenoxy) is 1. The van der Waals surface area contributed by atoms with Crippen molar-refractivity contribution in [3.05, 3.63) is 59.8 Å². The largest absolute Gasteiger partial charge is 0.439 e. The summed E-state index contributed by atoms with van der Waals surface area (Å²) in [7, 11) is 1.90. The maximum Gasteiger partial charge on any atom is 0.224 e. The summed E-state index contributed by atoms with van der Waals surface area (Å²) in [5.41, 5.74) is 8.05. The van der Waals surface area contributed by atoms with Crippen LogP contribution in [-0.4, -0.2) is 14.1 Å². The van der Waals surface area contributed by atoms with Crippen molar-refractivity contribution in [1.82, 2.24) is 14.1 Å². The quantitative estimate of drug-likeness (QED) is 0.803. The monoisotopic (exact) mass is 307 g/mol. The topological polar surface area (TPSA) is 81.8 Å². The van der Waals surface area contributed by atoms with Crippen LogP contribution in [0.15, 0.2) is 42.7 Å². The molecule has 2 N–H and O–H groups in total. The molecule has 0 unspecified atom stereocenters. The van der Waals surface area contributed by atoms with Gasteiger partial charge in [0.05, 0.1) is 12.2 Å². The second-order valence-corrected chi connectivity index (χ2v) is 5.36. The van der Waals surface area contributed by atoms with Crippen LogP contribution in [0.3, 0.4) is 0 Å². The number of anilines is 1. The standard InChI is InChI=1S/C17H17N5O/c1-12-3-5-14(6-4-12)23-17-15(19)9-13(10-18)22(17)11-16-20-7-8-21(16)2/h3-9H,11,19H2,1-2H3. The average molecular weight is 307 g/mol. The van der Waals surface area contributed by atoms with Gasteiger partial charge >= 0.3 is 0 Å². The lowest BCUT2D eigenvalue weighted by molar-refractivity contribution is 0.434. The van der Waals surface area contributed by atoms with E-state index in [1.54, 1.807) is 16.8 Å². The minimum atomic E-state index is 0.408. The number of hydrogen-bond acceptors (Lipinski definition) is 4. The fourth-order valence-electron chi connectivity index (χ4n) is 2.32. The van der Waals surface area contributed by atoms with Crippen LogP contribution in [0.25, 0.3) is 0 Å². The van der Waals surface area contributed by atoms with Gasteiger partial charge in [0.2, 0.25) is 5.88 Å². The molecule has 0 radical (unpaired) electrons. The second kappa shape index (κ2) is 5.89. The van der Waals surface area contributed by atoms with Gasteiger partial charge in [-0.25, -0.2) is 4.98 Å². The SMILES string of the molecule is Cc1ccc(Oc2c(N)cc(C#N)n2Cc2nccn2C)cc1. The Balaban J connectivity index is 1.99. The molecule has 0 fully saturated rings. The Morgan fingerprint density at radius 1 is 1.30 bits per heavy atom. The number of nitrogen functional groups attached to an aromatic ring is 1. The predicted molar refractivity (Wildman–Crippen MR) is 87.1 cm³/mol. The van der Waals surface area contributed by atoms with E-state index >= 15 is 0 Å². The summed E-state index contributed by atoms with van der Waals surface area (Å²) in [5, 5.41) is 9.35. The Hall–Kier alpha value is -3.20. The van der Waals surface area contributed by atoms with Crippen LogP contribution in [0, 0.1) is 18.3 Å². The Morgan fingerprint density at radius 3 is 2.65 bits per heavy atom. The van der Waals surface area contributed by atoms with Gasteiger partial charge in [-0.15, -0.1) is 0 Å². The summed E-state index contributed by atoms with van der Waals surface area (Å²) in [6.45, 7) is 2.42. The van der Waals surface area contributed by atoms with Crippen molar-refractivity contribution in [3.8, 4) is 17.7 Å². The van der Waals surface area contributed by atoms with E-state index in [0.29, 0.717) is 29.6 Å². The molecule has 0 atom stereocenters. The third kappa shape index (κ3) is 2.90. The number of nitrogens with two attached hydrogens (primary N) is 1. The minimum Gasteiger partial charge on any atom is -0.439 e. The first kappa shape index (κ1) is 14.7. The summed E-state index contributed by atoms with van der Waals surface area (Å²) >= 11 is 0. The fraction of sp³-hybridized carbons (Fsp3) is 0.176. The van der Waals surface area contributed by atoms with Crippen LogP contribution in [0.5, 0.6) is 11.6 Å². The van der Waals surface area contributed by atoms with Crippen LogP contribution in [0.1, 0.15) is 17.1 Å². The molecule has 0 aliphatic carbocycles. The lowest BCUT2D eigenvalue weighted by Gasteiger charge is -2.12. The highest BCUT2D eigenvalue weighted by atomic mass is 16.5. The van der Waals surface area contributed by atoms with E-state index < -0.39 is 0 Å². The predicted octanol–water partition coefficient (Wildman–Crippen LogP) is 2.82. The first-order chi connectivity index (χ1) is 11.1. The highest BCUT2D eigenvalue weighted by Crippen LogP contribution is 2.31. The number of nitriles is 1. The Morgan fingerprint density at radius 2 is 2.04 bits per heavy atom. The Bertz CT molecular complexity index is 868. The normalized spacial score (nSPS) is 10.5. The molecule has 2 aromatic heterocycles. The van der Waals surface area contributed by atoms with E-state index in [1.165, 1.54) is 0 Å². The smallest absolute Gasteiger partial charge is 0.224 e. The first-order valence-corrected chi connectivity index (χ1v) is 7.18. The number of imidazole rings is 1. The maximum absolute atomic E-state index is 9.35. The lowest BCUT2D eigenvalue weighted by Crippen LogP contribution is -2.09. The van der Waals surface area contributed by atoms with Gasteiger partial charge in [-0.2, -0.15) is 5.26 Å². The third-order valence-electron chi connectivity index (χ3n) is 3.65. The van der Waals surface area contributed by atoms with Crippen LogP contribution >= 0.6 is 0 Å². The highest BCUT2D eigenvalue weighted by molar-refractivity contribution is 5.56. The maximum atomic E-state index is 9.35. The molecule has 3 rings (SSSR count). The van der Waals surface area contributed by atoms with E-state index in [2.05, 4.69) is 11.1 Å². The zero-order valence-electron chi connectivity index (χ0n) is 13.0. The van der Waals surface area contributed by atoms with E-state index in [9.17, 15) is 5.26 Å². The van der Waals surface area contributed by atoms with Gasteiger partial charge in [-0.3, -0.25) is 4.57 Å². The van der Waals surface area contributed by atoms with E-state index in [4.69, 9.17) is 10.5 Å². The summed E-state index contributed by atoms with van der Waals surface area (Å²) in [6, 6.07) is 11.4. The molecule has 2 heterocycles. The summed E-state index contributed by atoms with van der Waals surface area (Å²) in [4.78, 5) is 4.29. The van der Waals surface area contributed by atoms with Gasteiger partial charge in [0, 0.05) is 25.5 Å². The van der Waals surface area contributed by atoms with Gasteiger partial charge in [-0.1, -0.05) is 17.7 Å². The molecule has 0 aliphatic rings. The molecular weight excluding hydrogens is 290 g/mol. The molecule has 1 aromatic carbocycles. The number of hydrogen-bond donors (Lipinski definition) is 1. The van der Waals surface area contributed by atoms with Crippen molar-refractivity contribution in [2.45, 2.75) is 13.5 Å². The number of rotatable bonds is 4. The van der Waals surface area contributed by atoms with Crippen LogP contribution in [0.4, 0.5) is 5.69 Å². The zero-order chi connectivity index (χ0) is 16.4. The van der Waals surface area contributed by atoms with Gasteiger partial charge in [0.15, 0.2) is 0 Å². The number of aromatic nitrogens is 3. The fourth-order valence-corrected chi connectivity index (χ4v) is 2.32.